The second-order valence-corrected chi connectivity index (χ2v) is 6.85. The number of nitrogen functional groups attached to an aromatic ring is 1. The molecule has 7 nitrogen and oxygen atoms in total. The van der Waals surface area contributed by atoms with E-state index in [4.69, 9.17) is 5.73 Å². The molecule has 0 aliphatic carbocycles. The van der Waals surface area contributed by atoms with Gasteiger partial charge in [-0.05, 0) is 55.0 Å². The van der Waals surface area contributed by atoms with Crippen molar-refractivity contribution in [3.63, 3.8) is 0 Å². The second-order valence-electron chi connectivity index (χ2n) is 5.48. The molecule has 0 radical (unpaired) electrons. The van der Waals surface area contributed by atoms with Crippen LogP contribution >= 0.6 is 0 Å². The Kier molecular flexibility index (Phi) is 6.05. The number of hydrogen-bond acceptors (Lipinski definition) is 6. The summed E-state index contributed by atoms with van der Waals surface area (Å²) >= 11 is 0. The molecule has 0 spiro atoms. The number of carbonyl (C=O) groups is 1. The maximum Gasteiger partial charge on any atom is 1.00 e. The van der Waals surface area contributed by atoms with Crippen LogP contribution in [0.3, 0.4) is 0 Å². The van der Waals surface area contributed by atoms with E-state index in [9.17, 15) is 17.8 Å². The average Bonchev–Trinajstić information content (AvgIpc) is 2.84. The molecule has 0 saturated carbocycles. The summed E-state index contributed by atoms with van der Waals surface area (Å²) in [5.74, 6) is -0.341. The molecule has 2 aromatic carbocycles. The van der Waals surface area contributed by atoms with E-state index in [-0.39, 0.29) is 40.4 Å². The number of rotatable bonds is 3. The summed E-state index contributed by atoms with van der Waals surface area (Å²) < 4.78 is 32.9. The van der Waals surface area contributed by atoms with Gasteiger partial charge in [-0.25, -0.2) is 8.42 Å². The van der Waals surface area contributed by atoms with Gasteiger partial charge < -0.3 is 10.3 Å². The molecule has 9 heteroatoms. The van der Waals surface area contributed by atoms with Crippen molar-refractivity contribution < 1.29 is 47.3 Å². The normalized spacial score (nSPS) is 15.8. The third kappa shape index (κ3) is 4.22. The first kappa shape index (κ1) is 20.3. The molecule has 3 rings (SSSR count). The van der Waals surface area contributed by atoms with Crippen molar-refractivity contribution in [2.75, 3.05) is 10.7 Å². The standard InChI is InChI=1S/C17H15N3O4S.Na/c1-11-16(10-12-2-4-13(18)5-3-12)17(21)20(19-11)14-6-8-15(9-7-14)25(22,23)24;/h2-10H,18H2,1H3,(H,22,23,24);/q;+1/p-1. The zero-order valence-corrected chi connectivity index (χ0v) is 17.0. The van der Waals surface area contributed by atoms with E-state index in [0.29, 0.717) is 22.7 Å². The maximum atomic E-state index is 12.6. The summed E-state index contributed by atoms with van der Waals surface area (Å²) in [5, 5.41) is 5.37. The summed E-state index contributed by atoms with van der Waals surface area (Å²) in [6.45, 7) is 1.71. The molecule has 2 N–H and O–H groups in total. The summed E-state index contributed by atoms with van der Waals surface area (Å²) in [6.07, 6.45) is 1.71. The first-order chi connectivity index (χ1) is 11.8. The molecule has 1 amide bonds. The number of benzene rings is 2. The van der Waals surface area contributed by atoms with E-state index in [1.54, 1.807) is 37.3 Å². The predicted octanol–water partition coefficient (Wildman–Crippen LogP) is -1.02. The van der Waals surface area contributed by atoms with Gasteiger partial charge in [-0.15, -0.1) is 0 Å². The SMILES string of the molecule is CC1=NN(c2ccc(S(=O)(=O)[O-])cc2)C(=O)C1=Cc1ccc(N)cc1.[Na+]. The quantitative estimate of drug-likeness (QED) is 0.317. The molecule has 2 aromatic rings. The summed E-state index contributed by atoms with van der Waals surface area (Å²) in [7, 11) is -4.53. The molecule has 1 heterocycles. The zero-order valence-electron chi connectivity index (χ0n) is 14.2. The second kappa shape index (κ2) is 7.73. The Labute approximate surface area is 173 Å². The van der Waals surface area contributed by atoms with Crippen LogP contribution in [-0.4, -0.2) is 24.6 Å². The largest absolute Gasteiger partial charge is 1.00 e. The molecular weight excluding hydrogens is 365 g/mol. The summed E-state index contributed by atoms with van der Waals surface area (Å²) in [5.41, 5.74) is 8.40. The van der Waals surface area contributed by atoms with E-state index in [1.807, 2.05) is 0 Å². The van der Waals surface area contributed by atoms with Crippen LogP contribution in [0.4, 0.5) is 11.4 Å². The third-order valence-electron chi connectivity index (χ3n) is 3.68. The number of amides is 1. The van der Waals surface area contributed by atoms with Gasteiger partial charge in [0.05, 0.1) is 21.9 Å². The van der Waals surface area contributed by atoms with Crippen molar-refractivity contribution in [1.82, 2.24) is 0 Å². The van der Waals surface area contributed by atoms with Crippen LogP contribution in [0.2, 0.25) is 0 Å². The number of nitrogens with zero attached hydrogens (tertiary/aromatic N) is 2. The Hall–Kier alpha value is -1.97. The smallest absolute Gasteiger partial charge is 0.744 e. The van der Waals surface area contributed by atoms with Crippen molar-refractivity contribution >= 4 is 39.2 Å². The van der Waals surface area contributed by atoms with Gasteiger partial charge in [-0.3, -0.25) is 4.79 Å². The minimum atomic E-state index is -4.53. The van der Waals surface area contributed by atoms with E-state index < -0.39 is 10.1 Å². The fraction of sp³-hybridized carbons (Fsp3) is 0.0588. The maximum absolute atomic E-state index is 12.6. The Bertz CT molecular complexity index is 997. The summed E-state index contributed by atoms with van der Waals surface area (Å²) in [4.78, 5) is 12.2. The van der Waals surface area contributed by atoms with Gasteiger partial charge in [0, 0.05) is 5.69 Å². The van der Waals surface area contributed by atoms with Crippen LogP contribution in [0.25, 0.3) is 6.08 Å². The molecule has 128 valence electrons. The van der Waals surface area contributed by atoms with E-state index in [0.717, 1.165) is 17.7 Å². The molecule has 26 heavy (non-hydrogen) atoms. The van der Waals surface area contributed by atoms with Crippen LogP contribution < -0.4 is 40.3 Å². The number of nitrogens with two attached hydrogens (primary N) is 1. The Morgan fingerprint density at radius 3 is 2.19 bits per heavy atom. The Morgan fingerprint density at radius 1 is 1.08 bits per heavy atom. The summed E-state index contributed by atoms with van der Waals surface area (Å²) in [6, 6.07) is 12.1. The van der Waals surface area contributed by atoms with Crippen LogP contribution in [0.15, 0.2) is 64.1 Å². The van der Waals surface area contributed by atoms with Gasteiger partial charge in [-0.1, -0.05) is 12.1 Å². The minimum Gasteiger partial charge on any atom is -0.744 e. The predicted molar refractivity (Wildman–Crippen MR) is 93.8 cm³/mol. The van der Waals surface area contributed by atoms with Crippen LogP contribution in [0.5, 0.6) is 0 Å². The van der Waals surface area contributed by atoms with Crippen LogP contribution in [0.1, 0.15) is 12.5 Å². The van der Waals surface area contributed by atoms with Gasteiger partial charge >= 0.3 is 29.6 Å². The molecule has 0 bridgehead atoms. The van der Waals surface area contributed by atoms with Crippen LogP contribution in [0, 0.1) is 0 Å². The molecule has 0 aromatic heterocycles. The fourth-order valence-corrected chi connectivity index (χ4v) is 2.84. The van der Waals surface area contributed by atoms with Gasteiger partial charge in [0.25, 0.3) is 5.91 Å². The van der Waals surface area contributed by atoms with Crippen molar-refractivity contribution in [1.29, 1.82) is 0 Å². The first-order valence-electron chi connectivity index (χ1n) is 7.29. The van der Waals surface area contributed by atoms with Gasteiger partial charge in [-0.2, -0.15) is 10.1 Å². The molecule has 1 aliphatic heterocycles. The fourth-order valence-electron chi connectivity index (χ4n) is 2.37. The minimum absolute atomic E-state index is 0. The molecule has 1 aliphatic rings. The van der Waals surface area contributed by atoms with E-state index in [1.165, 1.54) is 17.1 Å². The number of hydrogen-bond donors (Lipinski definition) is 1. The average molecular weight is 379 g/mol. The van der Waals surface area contributed by atoms with Crippen LogP contribution in [-0.2, 0) is 14.9 Å². The van der Waals surface area contributed by atoms with Gasteiger partial charge in [0.2, 0.25) is 0 Å². The van der Waals surface area contributed by atoms with Crippen molar-refractivity contribution in [2.45, 2.75) is 11.8 Å². The Balaban J connectivity index is 0.00000243. The zero-order chi connectivity index (χ0) is 18.2. The topological polar surface area (TPSA) is 116 Å². The Morgan fingerprint density at radius 2 is 1.65 bits per heavy atom. The van der Waals surface area contributed by atoms with E-state index >= 15 is 0 Å². The number of hydrazone groups is 1. The van der Waals surface area contributed by atoms with E-state index in [2.05, 4.69) is 5.10 Å². The third-order valence-corrected chi connectivity index (χ3v) is 4.53. The molecule has 0 saturated heterocycles. The van der Waals surface area contributed by atoms with Crippen molar-refractivity contribution in [2.24, 2.45) is 5.10 Å². The first-order valence-corrected chi connectivity index (χ1v) is 8.70. The molecule has 0 fully saturated rings. The molecule has 0 unspecified atom stereocenters. The van der Waals surface area contributed by atoms with Crippen molar-refractivity contribution in [3.05, 3.63) is 59.7 Å². The molecule has 0 atom stereocenters. The van der Waals surface area contributed by atoms with Gasteiger partial charge in [0.1, 0.15) is 10.1 Å². The number of anilines is 2. The number of carbonyl (C=O) groups excluding carboxylic acids is 1. The van der Waals surface area contributed by atoms with Gasteiger partial charge in [0.15, 0.2) is 0 Å². The molecular formula is C17H14N3NaO4S. The van der Waals surface area contributed by atoms with Crippen molar-refractivity contribution in [3.8, 4) is 0 Å². The monoisotopic (exact) mass is 379 g/mol.